The Hall–Kier alpha value is -8.51. The van der Waals surface area contributed by atoms with Gasteiger partial charge in [0.2, 0.25) is 29.9 Å². The lowest BCUT2D eigenvalue weighted by molar-refractivity contribution is -0.277. The van der Waals surface area contributed by atoms with Gasteiger partial charge in [0.25, 0.3) is 11.8 Å². The van der Waals surface area contributed by atoms with Crippen molar-refractivity contribution in [3.05, 3.63) is 89.5 Å². The van der Waals surface area contributed by atoms with E-state index in [1.165, 1.54) is 55.1 Å². The Morgan fingerprint density at radius 3 is 2.05 bits per heavy atom. The molecule has 33 nitrogen and oxygen atoms in total. The molecule has 3 unspecified atom stereocenters. The van der Waals surface area contributed by atoms with Gasteiger partial charge in [0.1, 0.15) is 65.7 Å². The minimum Gasteiger partial charge on any atom is -0.481 e. The summed E-state index contributed by atoms with van der Waals surface area (Å²) in [6.45, 7) is 13.6. The third-order valence-electron chi connectivity index (χ3n) is 19.8. The minimum absolute atomic E-state index is 0.00566. The highest BCUT2D eigenvalue weighted by molar-refractivity contribution is 6.12. The molecule has 2 saturated heterocycles. The summed E-state index contributed by atoms with van der Waals surface area (Å²) in [6, 6.07) is 8.45. The largest absolute Gasteiger partial charge is 0.481 e. The number of nitrogens with one attached hydrogen (secondary N) is 2. The molecule has 2 aromatic heterocycles. The van der Waals surface area contributed by atoms with Gasteiger partial charge in [-0.15, -0.1) is 5.10 Å². The molecule has 592 valence electrons. The Labute approximate surface area is 622 Å². The van der Waals surface area contributed by atoms with Crippen LogP contribution in [-0.2, 0) is 97.3 Å². The molecule has 7 rings (SSSR count). The van der Waals surface area contributed by atoms with E-state index in [1.54, 1.807) is 83.1 Å². The van der Waals surface area contributed by atoms with Gasteiger partial charge in [-0.05, 0) is 60.8 Å². The summed E-state index contributed by atoms with van der Waals surface area (Å²) in [6.07, 6.45) is -6.91. The highest BCUT2D eigenvalue weighted by Crippen LogP contribution is 2.40. The Morgan fingerprint density at radius 2 is 1.44 bits per heavy atom. The van der Waals surface area contributed by atoms with Crippen LogP contribution in [0.4, 0.5) is 4.79 Å². The van der Waals surface area contributed by atoms with Crippen molar-refractivity contribution in [1.29, 1.82) is 0 Å². The lowest BCUT2D eigenvalue weighted by atomic mass is 9.89. The van der Waals surface area contributed by atoms with Gasteiger partial charge in [-0.3, -0.25) is 43.4 Å². The van der Waals surface area contributed by atoms with Crippen molar-refractivity contribution in [2.24, 2.45) is 23.7 Å². The fraction of sp³-hybridized carbons (Fsp3) is 0.635. The number of hydrogen-bond acceptors (Lipinski definition) is 24. The van der Waals surface area contributed by atoms with Crippen molar-refractivity contribution < 1.29 is 116 Å². The van der Waals surface area contributed by atoms with E-state index in [0.717, 1.165) is 15.4 Å². The molecule has 3 aliphatic rings. The number of aromatic nitrogens is 3. The normalized spacial score (nSPS) is 20.7. The number of aliphatic hydroxyl groups is 4. The zero-order valence-corrected chi connectivity index (χ0v) is 62.8. The number of benzene rings is 2. The van der Waals surface area contributed by atoms with E-state index < -0.39 is 151 Å². The van der Waals surface area contributed by atoms with Crippen LogP contribution < -0.4 is 15.4 Å². The van der Waals surface area contributed by atoms with E-state index in [4.69, 9.17) is 42.3 Å². The lowest BCUT2D eigenvalue weighted by Crippen LogP contribution is -2.60. The van der Waals surface area contributed by atoms with Crippen LogP contribution in [0.3, 0.4) is 0 Å². The molecular weight excluding hydrogens is 1400 g/mol. The summed E-state index contributed by atoms with van der Waals surface area (Å²) in [7, 11) is 5.86. The summed E-state index contributed by atoms with van der Waals surface area (Å²) in [5, 5.41) is 76.3. The summed E-state index contributed by atoms with van der Waals surface area (Å²) in [4.78, 5) is 127. The zero-order valence-electron chi connectivity index (χ0n) is 62.8. The van der Waals surface area contributed by atoms with Crippen LogP contribution in [0.1, 0.15) is 116 Å². The number of ether oxygens (including phenoxy) is 8. The van der Waals surface area contributed by atoms with E-state index >= 15 is 14.4 Å². The van der Waals surface area contributed by atoms with Crippen molar-refractivity contribution >= 4 is 64.4 Å². The Morgan fingerprint density at radius 1 is 0.776 bits per heavy atom. The third-order valence-corrected chi connectivity index (χ3v) is 19.8. The number of nitrogens with zero attached hydrogens (tertiary/aromatic N) is 7. The van der Waals surface area contributed by atoms with E-state index in [0.29, 0.717) is 31.5 Å². The number of imide groups is 1. The molecule has 2 fully saturated rings. The lowest BCUT2D eigenvalue weighted by Gasteiger charge is -2.41. The number of likely N-dealkylation sites (tertiary alicyclic amines) is 1. The third kappa shape index (κ3) is 23.0. The Balaban J connectivity index is 1.08. The predicted octanol–water partition coefficient (Wildman–Crippen LogP) is 2.84. The Bertz CT molecular complexity index is 3610. The molecule has 0 bridgehead atoms. The van der Waals surface area contributed by atoms with Gasteiger partial charge in [0.05, 0.1) is 107 Å². The van der Waals surface area contributed by atoms with Crippen LogP contribution in [0.5, 0.6) is 5.75 Å². The molecule has 107 heavy (non-hydrogen) atoms. The van der Waals surface area contributed by atoms with Gasteiger partial charge in [-0.25, -0.2) is 14.3 Å². The molecule has 8 N–H and O–H groups in total. The molecule has 15 atom stereocenters. The monoisotopic (exact) mass is 1510 g/mol. The summed E-state index contributed by atoms with van der Waals surface area (Å²) >= 11 is 0. The molecule has 3 aliphatic heterocycles. The number of aliphatic hydroxyl groups excluding tert-OH is 4. The number of amides is 7. The van der Waals surface area contributed by atoms with Crippen LogP contribution in [0, 0.1) is 23.7 Å². The fourth-order valence-electron chi connectivity index (χ4n) is 13.7. The van der Waals surface area contributed by atoms with E-state index in [2.05, 4.69) is 20.9 Å². The molecule has 5 heterocycles. The number of aliphatic carboxylic acids is 2. The maximum atomic E-state index is 15.2. The first-order chi connectivity index (χ1) is 51.0. The van der Waals surface area contributed by atoms with Gasteiger partial charge >= 0.3 is 18.0 Å². The van der Waals surface area contributed by atoms with Gasteiger partial charge in [-0.2, -0.15) is 0 Å². The van der Waals surface area contributed by atoms with Crippen LogP contribution in [0.15, 0.2) is 71.3 Å². The second kappa shape index (κ2) is 41.2. The number of carbonyl (C=O) groups is 9. The number of methoxy groups -OCH3 is 2. The first-order valence-electron chi connectivity index (χ1n) is 36.4. The van der Waals surface area contributed by atoms with Gasteiger partial charge in [-0.1, -0.05) is 90.4 Å². The average molecular weight is 1510 g/mol. The highest BCUT2D eigenvalue weighted by Gasteiger charge is 2.47. The second-order valence-corrected chi connectivity index (χ2v) is 27.9. The maximum absolute atomic E-state index is 15.2. The second-order valence-electron chi connectivity index (χ2n) is 27.9. The van der Waals surface area contributed by atoms with Crippen molar-refractivity contribution in [3.8, 4) is 5.75 Å². The summed E-state index contributed by atoms with van der Waals surface area (Å²) in [5.41, 5.74) is 1.32. The smallest absolute Gasteiger partial charge is 0.410 e. The molecule has 0 aliphatic carbocycles. The predicted molar refractivity (Wildman–Crippen MR) is 381 cm³/mol. The number of carbonyl (C=O) groups excluding carboxylic acids is 7. The SMILES string of the molecule is CCC(C)[C@@H]([C@@H](CC(=O)N1CCC[C@H]1[C@H](OC)[C@@H](C)C(=O)NC(Cc1ccccc1)C(=O)O)OC)N(C)C(=O)[C@@H](NC(=O)[C@H](C(C)C)N(C)C(=O)OC(Cc1cn(CCOCCOCCOCCN2C(=O)C=CC2=O)nn1)c1ccc(O[C@@H]2O[C@H](CO)[C@H](O)[C@H](O)[C@H]2O)c2cc(CCCC(=O)O)oc12)C(C)C. The van der Waals surface area contributed by atoms with Crippen LogP contribution in [0.2, 0.25) is 0 Å². The average Bonchev–Trinajstić information content (AvgIpc) is 1.66. The van der Waals surface area contributed by atoms with Gasteiger partial charge < -0.3 is 93.4 Å². The maximum Gasteiger partial charge on any atom is 0.410 e. The number of rotatable bonds is 44. The van der Waals surface area contributed by atoms with Crippen LogP contribution >= 0.6 is 0 Å². The number of furan rings is 1. The Kier molecular flexibility index (Phi) is 33.0. The molecule has 2 aromatic carbocycles. The summed E-state index contributed by atoms with van der Waals surface area (Å²) in [5.74, 6) is -7.14. The van der Waals surface area contributed by atoms with Crippen molar-refractivity contribution in [1.82, 2.24) is 45.2 Å². The molecule has 33 heteroatoms. The van der Waals surface area contributed by atoms with Crippen LogP contribution in [0.25, 0.3) is 11.0 Å². The molecule has 4 aromatic rings. The number of fused-ring (bicyclic) bond motifs is 1. The van der Waals surface area contributed by atoms with Crippen molar-refractivity contribution in [3.63, 3.8) is 0 Å². The first kappa shape index (κ1) is 85.7. The molecule has 0 saturated carbocycles. The quantitative estimate of drug-likeness (QED) is 0.0233. The van der Waals surface area contributed by atoms with Crippen molar-refractivity contribution in [2.75, 3.05) is 87.7 Å². The number of aryl methyl sites for hydroxylation is 1. The minimum atomic E-state index is -1.81. The highest BCUT2D eigenvalue weighted by atomic mass is 16.7. The van der Waals surface area contributed by atoms with E-state index in [1.807, 2.05) is 19.9 Å². The fourth-order valence-corrected chi connectivity index (χ4v) is 13.7. The van der Waals surface area contributed by atoms with Crippen molar-refractivity contribution in [2.45, 2.75) is 192 Å². The summed E-state index contributed by atoms with van der Waals surface area (Å²) < 4.78 is 55.2. The molecule has 0 spiro atoms. The number of likely N-dealkylation sites (N-methyl/N-ethyl adjacent to an activating group) is 2. The topological polar surface area (TPSA) is 430 Å². The van der Waals surface area contributed by atoms with Gasteiger partial charge in [0.15, 0.2) is 0 Å². The molecular formula is C74H107N9O24. The molecule has 7 amide bonds. The molecule has 0 radical (unpaired) electrons. The van der Waals surface area contributed by atoms with E-state index in [-0.39, 0.29) is 131 Å². The van der Waals surface area contributed by atoms with E-state index in [9.17, 15) is 59.4 Å². The van der Waals surface area contributed by atoms with Gasteiger partial charge in [0, 0.05) is 84.5 Å². The number of carboxylic acid groups (broad SMARTS) is 2. The zero-order chi connectivity index (χ0) is 78.3. The first-order valence-corrected chi connectivity index (χ1v) is 36.4. The number of carboxylic acids is 2. The standard InChI is InChI=1S/C74H107N9O24/c1-12-44(6)63(55(99-10)39-59(87)82-27-17-21-52(82)67(100-11)45(7)69(93)75-51(72(96)97)36-46-18-14-13-15-19-46)79(8)71(95)61(42(2)3)76-70(94)62(43(4)5)80(9)74(98)107-54(37-47-40-81(78-77-47)28-30-101-32-34-103-35-33-102-31-29-83-57(85)25-26-58(83)86)49-23-24-53(50-38-48(104-68(49)50)20-16-22-60(88)89)105-73-66(92)65(91)64(90)56(41-84)106-73/h13-15,18-19,23-26,38,40,42-45,51-52,54-56,61-67,73,84,90-92H,12,16-17,20-22,27-37,39,41H2,1-11H3,(H,75,93)(H,76,94)(H,88,89)(H,96,97)/t44?,45-,51?,52+,54?,55-,56-,61+,62+,63+,64+,65+,66-,67-,73-/m1/s1. The number of hydrogen-bond donors (Lipinski definition) is 8. The van der Waals surface area contributed by atoms with Crippen LogP contribution in [-0.4, -0.2) is 279 Å².